The van der Waals surface area contributed by atoms with Gasteiger partial charge in [-0.15, -0.1) is 0 Å². The van der Waals surface area contributed by atoms with E-state index >= 15 is 0 Å². The molecule has 5 nitrogen and oxygen atoms in total. The van der Waals surface area contributed by atoms with Crippen molar-refractivity contribution in [3.63, 3.8) is 0 Å². The third-order valence-corrected chi connectivity index (χ3v) is 5.72. The molecule has 1 aliphatic rings. The molecule has 1 atom stereocenters. The second-order valence-electron chi connectivity index (χ2n) is 6.27. The second kappa shape index (κ2) is 5.25. The Morgan fingerprint density at radius 2 is 2.21 bits per heavy atom. The minimum atomic E-state index is -2.89. The molecule has 1 fully saturated rings. The van der Waals surface area contributed by atoms with Crippen LogP contribution in [0.3, 0.4) is 0 Å². The van der Waals surface area contributed by atoms with E-state index in [1.807, 2.05) is 4.57 Å². The van der Waals surface area contributed by atoms with E-state index in [-0.39, 0.29) is 10.8 Å². The van der Waals surface area contributed by atoms with E-state index in [9.17, 15) is 8.42 Å². The van der Waals surface area contributed by atoms with E-state index in [4.69, 9.17) is 0 Å². The molecule has 19 heavy (non-hydrogen) atoms. The summed E-state index contributed by atoms with van der Waals surface area (Å²) in [6, 6.07) is 0. The van der Waals surface area contributed by atoms with Gasteiger partial charge in [-0.05, 0) is 33.6 Å². The molecule has 1 saturated heterocycles. The molecule has 0 radical (unpaired) electrons. The van der Waals surface area contributed by atoms with Crippen LogP contribution in [0, 0.1) is 0 Å². The highest BCUT2D eigenvalue weighted by Gasteiger charge is 2.31. The molecule has 1 aliphatic heterocycles. The van der Waals surface area contributed by atoms with Gasteiger partial charge in [0.2, 0.25) is 0 Å². The maximum absolute atomic E-state index is 11.9. The SMILES string of the molecule is CC(C)(C)NCc1cncn1CC1CCCS1(=O)=O. The van der Waals surface area contributed by atoms with Gasteiger partial charge in [0.25, 0.3) is 0 Å². The fourth-order valence-corrected chi connectivity index (χ4v) is 4.11. The average Bonchev–Trinajstić information content (AvgIpc) is 2.83. The van der Waals surface area contributed by atoms with E-state index in [0.717, 1.165) is 18.5 Å². The first-order valence-electron chi connectivity index (χ1n) is 6.73. The quantitative estimate of drug-likeness (QED) is 0.907. The van der Waals surface area contributed by atoms with Gasteiger partial charge in [0.15, 0.2) is 9.84 Å². The van der Waals surface area contributed by atoms with Gasteiger partial charge in [0.05, 0.1) is 23.0 Å². The first-order valence-corrected chi connectivity index (χ1v) is 8.45. The van der Waals surface area contributed by atoms with Gasteiger partial charge < -0.3 is 9.88 Å². The Bertz CT molecular complexity index is 528. The summed E-state index contributed by atoms with van der Waals surface area (Å²) in [5.41, 5.74) is 1.08. The fraction of sp³-hybridized carbons (Fsp3) is 0.769. The normalized spacial score (nSPS) is 22.8. The van der Waals surface area contributed by atoms with E-state index in [0.29, 0.717) is 18.8 Å². The first kappa shape index (κ1) is 14.5. The fourth-order valence-electron chi connectivity index (χ4n) is 2.30. The highest BCUT2D eigenvalue weighted by molar-refractivity contribution is 7.92. The van der Waals surface area contributed by atoms with Crippen molar-refractivity contribution in [2.75, 3.05) is 5.75 Å². The van der Waals surface area contributed by atoms with Crippen LogP contribution in [0.5, 0.6) is 0 Å². The van der Waals surface area contributed by atoms with Gasteiger partial charge in [0, 0.05) is 24.8 Å². The van der Waals surface area contributed by atoms with Crippen LogP contribution in [0.15, 0.2) is 12.5 Å². The van der Waals surface area contributed by atoms with Gasteiger partial charge in [-0.2, -0.15) is 0 Å². The predicted octanol–water partition coefficient (Wildman–Crippen LogP) is 1.35. The zero-order valence-corrected chi connectivity index (χ0v) is 12.7. The molecule has 0 amide bonds. The molecule has 0 aromatic carbocycles. The molecule has 0 saturated carbocycles. The lowest BCUT2D eigenvalue weighted by molar-refractivity contribution is 0.414. The summed E-state index contributed by atoms with van der Waals surface area (Å²) in [5.74, 6) is 0.335. The number of sulfone groups is 1. The van der Waals surface area contributed by atoms with Crippen LogP contribution in [0.1, 0.15) is 39.3 Å². The Kier molecular flexibility index (Phi) is 4.01. The Labute approximate surface area is 115 Å². The van der Waals surface area contributed by atoms with Gasteiger partial charge in [-0.1, -0.05) is 0 Å². The second-order valence-corrected chi connectivity index (χ2v) is 8.67. The maximum atomic E-state index is 11.9. The standard InChI is InChI=1S/C13H23N3O2S/c1-13(2,3)15-8-11-7-14-10-16(11)9-12-5-4-6-19(12,17)18/h7,10,12,15H,4-6,8-9H2,1-3H3. The topological polar surface area (TPSA) is 64.0 Å². The lowest BCUT2D eigenvalue weighted by Crippen LogP contribution is -2.36. The maximum Gasteiger partial charge on any atom is 0.154 e. The Balaban J connectivity index is 2.04. The van der Waals surface area contributed by atoms with Crippen molar-refractivity contribution in [1.29, 1.82) is 0 Å². The van der Waals surface area contributed by atoms with Crippen molar-refractivity contribution in [3.8, 4) is 0 Å². The number of imidazole rings is 1. The minimum Gasteiger partial charge on any atom is -0.332 e. The molecule has 1 unspecified atom stereocenters. The van der Waals surface area contributed by atoms with E-state index in [1.54, 1.807) is 12.5 Å². The summed E-state index contributed by atoms with van der Waals surface area (Å²) < 4.78 is 25.7. The molecule has 6 heteroatoms. The molecule has 1 aromatic heterocycles. The number of nitrogens with one attached hydrogen (secondary N) is 1. The Hall–Kier alpha value is -0.880. The molecule has 0 aliphatic carbocycles. The molecule has 1 aromatic rings. The third kappa shape index (κ3) is 3.79. The summed E-state index contributed by atoms with van der Waals surface area (Å²) in [6.45, 7) is 7.55. The lowest BCUT2D eigenvalue weighted by Gasteiger charge is -2.21. The van der Waals surface area contributed by atoms with Gasteiger partial charge in [0.1, 0.15) is 0 Å². The molecule has 1 N–H and O–H groups in total. The van der Waals surface area contributed by atoms with Gasteiger partial charge >= 0.3 is 0 Å². The Morgan fingerprint density at radius 1 is 1.47 bits per heavy atom. The van der Waals surface area contributed by atoms with E-state index < -0.39 is 9.84 Å². The minimum absolute atomic E-state index is 0.0362. The number of nitrogens with zero attached hydrogens (tertiary/aromatic N) is 2. The molecule has 2 heterocycles. The summed E-state index contributed by atoms with van der Waals surface area (Å²) in [7, 11) is -2.89. The monoisotopic (exact) mass is 285 g/mol. The first-order chi connectivity index (χ1) is 8.78. The zero-order chi connectivity index (χ0) is 14.1. The summed E-state index contributed by atoms with van der Waals surface area (Å²) in [4.78, 5) is 4.14. The number of hydrogen-bond donors (Lipinski definition) is 1. The van der Waals surface area contributed by atoms with Crippen molar-refractivity contribution in [3.05, 3.63) is 18.2 Å². The van der Waals surface area contributed by atoms with Crippen LogP contribution in [-0.2, 0) is 22.9 Å². The van der Waals surface area contributed by atoms with Crippen LogP contribution in [0.2, 0.25) is 0 Å². The van der Waals surface area contributed by atoms with Gasteiger partial charge in [-0.3, -0.25) is 0 Å². The zero-order valence-electron chi connectivity index (χ0n) is 11.9. The van der Waals surface area contributed by atoms with Crippen LogP contribution >= 0.6 is 0 Å². The number of aromatic nitrogens is 2. The smallest absolute Gasteiger partial charge is 0.154 e. The summed E-state index contributed by atoms with van der Waals surface area (Å²) in [6.07, 6.45) is 5.09. The molecular weight excluding hydrogens is 262 g/mol. The number of rotatable bonds is 4. The average molecular weight is 285 g/mol. The summed E-state index contributed by atoms with van der Waals surface area (Å²) in [5, 5.41) is 3.16. The van der Waals surface area contributed by atoms with Crippen molar-refractivity contribution in [1.82, 2.24) is 14.9 Å². The molecular formula is C13H23N3O2S. The van der Waals surface area contributed by atoms with Crippen molar-refractivity contribution >= 4 is 9.84 Å². The third-order valence-electron chi connectivity index (χ3n) is 3.46. The molecule has 0 spiro atoms. The van der Waals surface area contributed by atoms with Crippen molar-refractivity contribution in [2.24, 2.45) is 0 Å². The highest BCUT2D eigenvalue weighted by Crippen LogP contribution is 2.22. The molecule has 108 valence electrons. The highest BCUT2D eigenvalue weighted by atomic mass is 32.2. The lowest BCUT2D eigenvalue weighted by atomic mass is 10.1. The van der Waals surface area contributed by atoms with Crippen LogP contribution in [0.25, 0.3) is 0 Å². The number of hydrogen-bond acceptors (Lipinski definition) is 4. The van der Waals surface area contributed by atoms with Crippen molar-refractivity contribution < 1.29 is 8.42 Å². The van der Waals surface area contributed by atoms with E-state index in [2.05, 4.69) is 31.1 Å². The largest absolute Gasteiger partial charge is 0.332 e. The van der Waals surface area contributed by atoms with Gasteiger partial charge in [-0.25, -0.2) is 13.4 Å². The van der Waals surface area contributed by atoms with Crippen LogP contribution in [0.4, 0.5) is 0 Å². The van der Waals surface area contributed by atoms with Crippen molar-refractivity contribution in [2.45, 2.75) is 57.5 Å². The van der Waals surface area contributed by atoms with Crippen LogP contribution in [-0.4, -0.2) is 34.5 Å². The van der Waals surface area contributed by atoms with Crippen LogP contribution < -0.4 is 5.32 Å². The molecule has 2 rings (SSSR count). The summed E-state index contributed by atoms with van der Waals surface area (Å²) >= 11 is 0. The molecule has 0 bridgehead atoms. The predicted molar refractivity (Wildman–Crippen MR) is 75.6 cm³/mol. The Morgan fingerprint density at radius 3 is 2.79 bits per heavy atom. The van der Waals surface area contributed by atoms with E-state index in [1.165, 1.54) is 0 Å².